The van der Waals surface area contributed by atoms with Gasteiger partial charge in [-0.2, -0.15) is 9.67 Å². The molecule has 0 saturated heterocycles. The van der Waals surface area contributed by atoms with Crippen molar-refractivity contribution in [1.82, 2.24) is 14.8 Å². The summed E-state index contributed by atoms with van der Waals surface area (Å²) >= 11 is 3.00. The molecule has 2 aromatic rings. The van der Waals surface area contributed by atoms with Gasteiger partial charge >= 0.3 is 0 Å². The predicted octanol–water partition coefficient (Wildman–Crippen LogP) is 2.78. The van der Waals surface area contributed by atoms with Crippen LogP contribution in [0.2, 0.25) is 0 Å². The number of hydrogen-bond donors (Lipinski definition) is 0. The lowest BCUT2D eigenvalue weighted by Gasteiger charge is -1.97. The van der Waals surface area contributed by atoms with Crippen molar-refractivity contribution in [1.29, 1.82) is 0 Å². The standard InChI is InChI=1S/C10H11N3OS2/c1-3-8(14)13-10(15-2)11-9(12-13)7-5-4-6-16-7/h4-6H,3H2,1-2H3. The van der Waals surface area contributed by atoms with Crippen molar-refractivity contribution < 1.29 is 4.79 Å². The number of thiophene rings is 1. The minimum Gasteiger partial charge on any atom is -0.272 e. The van der Waals surface area contributed by atoms with Crippen molar-refractivity contribution in [2.75, 3.05) is 6.26 Å². The Morgan fingerprint density at radius 3 is 3.00 bits per heavy atom. The lowest BCUT2D eigenvalue weighted by molar-refractivity contribution is 0.0881. The van der Waals surface area contributed by atoms with Crippen LogP contribution >= 0.6 is 23.1 Å². The largest absolute Gasteiger partial charge is 0.272 e. The summed E-state index contributed by atoms with van der Waals surface area (Å²) in [6, 6.07) is 3.89. The first-order chi connectivity index (χ1) is 7.76. The van der Waals surface area contributed by atoms with Gasteiger partial charge in [0, 0.05) is 6.42 Å². The smallest absolute Gasteiger partial charge is 0.249 e. The van der Waals surface area contributed by atoms with Gasteiger partial charge in [0.1, 0.15) is 0 Å². The van der Waals surface area contributed by atoms with Crippen molar-refractivity contribution in [2.45, 2.75) is 18.5 Å². The van der Waals surface area contributed by atoms with E-state index in [0.717, 1.165) is 4.88 Å². The molecule has 0 unspecified atom stereocenters. The molecule has 0 bridgehead atoms. The number of nitrogens with zero attached hydrogens (tertiary/aromatic N) is 3. The van der Waals surface area contributed by atoms with Crippen LogP contribution in [0.25, 0.3) is 10.7 Å². The molecule has 0 aliphatic heterocycles. The van der Waals surface area contributed by atoms with E-state index >= 15 is 0 Å². The number of carbonyl (C=O) groups excluding carboxylic acids is 1. The van der Waals surface area contributed by atoms with Gasteiger partial charge in [0.15, 0.2) is 11.0 Å². The van der Waals surface area contributed by atoms with Crippen molar-refractivity contribution >= 4 is 29.0 Å². The molecule has 0 spiro atoms. The first-order valence-electron chi connectivity index (χ1n) is 4.84. The third kappa shape index (κ3) is 2.03. The summed E-state index contributed by atoms with van der Waals surface area (Å²) < 4.78 is 1.39. The molecule has 0 aliphatic rings. The van der Waals surface area contributed by atoms with E-state index in [0.29, 0.717) is 17.4 Å². The Morgan fingerprint density at radius 1 is 1.62 bits per heavy atom. The summed E-state index contributed by atoms with van der Waals surface area (Å²) in [5.41, 5.74) is 0. The Hall–Kier alpha value is -1.14. The van der Waals surface area contributed by atoms with Crippen LogP contribution < -0.4 is 0 Å². The quantitative estimate of drug-likeness (QED) is 0.789. The minimum absolute atomic E-state index is 0.0281. The van der Waals surface area contributed by atoms with Crippen LogP contribution in [0, 0.1) is 0 Å². The fraction of sp³-hybridized carbons (Fsp3) is 0.300. The number of rotatable bonds is 3. The predicted molar refractivity (Wildman–Crippen MR) is 66.0 cm³/mol. The molecule has 0 aliphatic carbocycles. The van der Waals surface area contributed by atoms with Gasteiger partial charge in [-0.3, -0.25) is 4.79 Å². The lowest BCUT2D eigenvalue weighted by atomic mass is 10.4. The lowest BCUT2D eigenvalue weighted by Crippen LogP contribution is -2.11. The SMILES string of the molecule is CCC(=O)n1nc(-c2cccs2)nc1SC. The highest BCUT2D eigenvalue weighted by atomic mass is 32.2. The van der Waals surface area contributed by atoms with Crippen LogP contribution in [-0.2, 0) is 0 Å². The molecule has 2 rings (SSSR count). The van der Waals surface area contributed by atoms with Crippen LogP contribution in [0.1, 0.15) is 18.1 Å². The molecule has 0 aromatic carbocycles. The topological polar surface area (TPSA) is 47.8 Å². The van der Waals surface area contributed by atoms with Crippen LogP contribution in [0.4, 0.5) is 0 Å². The zero-order chi connectivity index (χ0) is 11.5. The molecule has 2 aromatic heterocycles. The van der Waals surface area contributed by atoms with Gasteiger partial charge in [0.25, 0.3) is 0 Å². The van der Waals surface area contributed by atoms with E-state index < -0.39 is 0 Å². The van der Waals surface area contributed by atoms with E-state index in [4.69, 9.17) is 0 Å². The van der Waals surface area contributed by atoms with Crippen LogP contribution in [0.5, 0.6) is 0 Å². The molecule has 16 heavy (non-hydrogen) atoms. The highest BCUT2D eigenvalue weighted by Gasteiger charge is 2.15. The average molecular weight is 253 g/mol. The maximum atomic E-state index is 11.6. The number of thioether (sulfide) groups is 1. The van der Waals surface area contributed by atoms with Gasteiger partial charge in [0.05, 0.1) is 4.88 Å². The second kappa shape index (κ2) is 4.80. The van der Waals surface area contributed by atoms with Gasteiger partial charge < -0.3 is 0 Å². The second-order valence-electron chi connectivity index (χ2n) is 3.06. The molecule has 0 N–H and O–H groups in total. The summed E-state index contributed by atoms with van der Waals surface area (Å²) in [5.74, 6) is 0.598. The van der Waals surface area contributed by atoms with Gasteiger partial charge in [-0.15, -0.1) is 16.4 Å². The van der Waals surface area contributed by atoms with Crippen LogP contribution in [0.3, 0.4) is 0 Å². The van der Waals surface area contributed by atoms with Gasteiger partial charge in [-0.25, -0.2) is 0 Å². The minimum atomic E-state index is -0.0281. The Labute approximate surface area is 102 Å². The molecule has 0 saturated carbocycles. The molecular formula is C10H11N3OS2. The highest BCUT2D eigenvalue weighted by Crippen LogP contribution is 2.24. The van der Waals surface area contributed by atoms with Gasteiger partial charge in [0.2, 0.25) is 5.91 Å². The highest BCUT2D eigenvalue weighted by molar-refractivity contribution is 7.98. The average Bonchev–Trinajstić information content (AvgIpc) is 2.95. The zero-order valence-corrected chi connectivity index (χ0v) is 10.6. The molecule has 0 amide bonds. The Kier molecular flexibility index (Phi) is 3.40. The first kappa shape index (κ1) is 11.3. The van der Waals surface area contributed by atoms with E-state index in [1.807, 2.05) is 30.7 Å². The molecule has 0 fully saturated rings. The molecule has 4 nitrogen and oxygen atoms in total. The molecule has 6 heteroatoms. The number of hydrogen-bond acceptors (Lipinski definition) is 5. The summed E-state index contributed by atoms with van der Waals surface area (Å²) in [5, 5.41) is 6.86. The van der Waals surface area contributed by atoms with Crippen LogP contribution in [-0.4, -0.2) is 26.9 Å². The van der Waals surface area contributed by atoms with Crippen molar-refractivity contribution in [3.63, 3.8) is 0 Å². The second-order valence-corrected chi connectivity index (χ2v) is 4.78. The summed E-state index contributed by atoms with van der Waals surface area (Å²) in [7, 11) is 0. The normalized spacial score (nSPS) is 10.6. The molecule has 0 atom stereocenters. The fourth-order valence-electron chi connectivity index (χ4n) is 1.25. The van der Waals surface area contributed by atoms with Crippen molar-refractivity contribution in [3.05, 3.63) is 17.5 Å². The van der Waals surface area contributed by atoms with E-state index in [1.54, 1.807) is 11.3 Å². The molecule has 84 valence electrons. The van der Waals surface area contributed by atoms with Crippen LogP contribution in [0.15, 0.2) is 22.7 Å². The van der Waals surface area contributed by atoms with E-state index in [9.17, 15) is 4.79 Å². The number of aromatic nitrogens is 3. The third-order valence-electron chi connectivity index (χ3n) is 2.04. The Bertz CT molecular complexity index is 490. The van der Waals surface area contributed by atoms with E-state index in [-0.39, 0.29) is 5.91 Å². The first-order valence-corrected chi connectivity index (χ1v) is 6.94. The summed E-state index contributed by atoms with van der Waals surface area (Å²) in [4.78, 5) is 17.0. The fourth-order valence-corrected chi connectivity index (χ4v) is 2.40. The molecule has 0 radical (unpaired) electrons. The Morgan fingerprint density at radius 2 is 2.44 bits per heavy atom. The number of carbonyl (C=O) groups is 1. The van der Waals surface area contributed by atoms with Gasteiger partial charge in [-0.1, -0.05) is 24.8 Å². The maximum absolute atomic E-state index is 11.6. The molecular weight excluding hydrogens is 242 g/mol. The monoisotopic (exact) mass is 253 g/mol. The van der Waals surface area contributed by atoms with E-state index in [2.05, 4.69) is 10.1 Å². The Balaban J connectivity index is 2.44. The molecule has 2 heterocycles. The zero-order valence-electron chi connectivity index (χ0n) is 9.01. The maximum Gasteiger partial charge on any atom is 0.249 e. The summed E-state index contributed by atoms with van der Waals surface area (Å²) in [6.07, 6.45) is 2.32. The summed E-state index contributed by atoms with van der Waals surface area (Å²) in [6.45, 7) is 1.82. The van der Waals surface area contributed by atoms with Crippen molar-refractivity contribution in [3.8, 4) is 10.7 Å². The van der Waals surface area contributed by atoms with E-state index in [1.165, 1.54) is 16.4 Å². The third-order valence-corrected chi connectivity index (χ3v) is 3.54. The van der Waals surface area contributed by atoms with Gasteiger partial charge in [-0.05, 0) is 17.7 Å². The van der Waals surface area contributed by atoms with Crippen molar-refractivity contribution in [2.24, 2.45) is 0 Å².